The van der Waals surface area contributed by atoms with E-state index in [0.717, 1.165) is 42.4 Å². The molecule has 51 heavy (non-hydrogen) atoms. The molecule has 5 nitrogen and oxygen atoms in total. The average Bonchev–Trinajstić information content (AvgIpc) is 3.08. The summed E-state index contributed by atoms with van der Waals surface area (Å²) in [7, 11) is 0. The molecule has 274 valence electrons. The lowest BCUT2D eigenvalue weighted by Crippen LogP contribution is -2.42. The van der Waals surface area contributed by atoms with Crippen LogP contribution in [0.3, 0.4) is 0 Å². The number of aromatic hydroxyl groups is 1. The fourth-order valence-corrected chi connectivity index (χ4v) is 6.51. The third kappa shape index (κ3) is 10.1. The first-order chi connectivity index (χ1) is 24.1. The highest BCUT2D eigenvalue weighted by molar-refractivity contribution is 6.36. The second-order valence-corrected chi connectivity index (χ2v) is 16.2. The summed E-state index contributed by atoms with van der Waals surface area (Å²) in [6.07, 6.45) is 5.58. The number of hydrogen-bond donors (Lipinski definition) is 2. The molecule has 1 atom stereocenters. The van der Waals surface area contributed by atoms with Crippen molar-refractivity contribution in [1.82, 2.24) is 0 Å². The Morgan fingerprint density at radius 3 is 1.71 bits per heavy atom. The first-order valence-corrected chi connectivity index (χ1v) is 18.9. The summed E-state index contributed by atoms with van der Waals surface area (Å²) in [6, 6.07) is 24.5. The van der Waals surface area contributed by atoms with Crippen molar-refractivity contribution < 1.29 is 19.7 Å². The molecule has 0 aromatic heterocycles. The van der Waals surface area contributed by atoms with Gasteiger partial charge in [0.2, 0.25) is 0 Å². The van der Waals surface area contributed by atoms with Gasteiger partial charge in [-0.2, -0.15) is 0 Å². The van der Waals surface area contributed by atoms with Gasteiger partial charge in [-0.25, -0.2) is 0 Å². The van der Waals surface area contributed by atoms with Crippen molar-refractivity contribution in [2.24, 2.45) is 4.99 Å². The predicted molar refractivity (Wildman–Crippen MR) is 214 cm³/mol. The largest absolute Gasteiger partial charge is 0.506 e. The van der Waals surface area contributed by atoms with Crippen molar-refractivity contribution in [3.05, 3.63) is 122 Å². The molecule has 0 aliphatic carbocycles. The van der Waals surface area contributed by atoms with Crippen molar-refractivity contribution >= 4 is 29.4 Å². The van der Waals surface area contributed by atoms with E-state index in [2.05, 4.69) is 79.7 Å². The first kappa shape index (κ1) is 40.3. The molecule has 0 amide bonds. The Labute approximate surface area is 315 Å². The Balaban J connectivity index is 2.15. The quantitative estimate of drug-likeness (QED) is 0.0943. The Hall–Kier alpha value is -3.51. The minimum Gasteiger partial charge on any atom is -0.506 e. The van der Waals surface area contributed by atoms with E-state index in [4.69, 9.17) is 37.7 Å². The molecule has 0 aliphatic heterocycles. The molecule has 0 bridgehead atoms. The monoisotopic (exact) mass is 731 g/mol. The predicted octanol–water partition coefficient (Wildman–Crippen LogP) is 11.6. The lowest BCUT2D eigenvalue weighted by Gasteiger charge is -2.39. The lowest BCUT2D eigenvalue weighted by molar-refractivity contribution is 0.0460. The number of unbranched alkanes of at least 4 members (excludes halogenated alkanes) is 2. The molecule has 0 heterocycles. The van der Waals surface area contributed by atoms with E-state index < -0.39 is 11.6 Å². The van der Waals surface area contributed by atoms with Crippen LogP contribution in [0.4, 0.5) is 0 Å². The van der Waals surface area contributed by atoms with Crippen molar-refractivity contribution in [1.29, 1.82) is 0 Å². The van der Waals surface area contributed by atoms with Crippen molar-refractivity contribution in [2.75, 3.05) is 13.2 Å². The molecule has 0 saturated carbocycles. The van der Waals surface area contributed by atoms with E-state index in [-0.39, 0.29) is 21.6 Å². The maximum absolute atomic E-state index is 14.0. The van der Waals surface area contributed by atoms with Crippen molar-refractivity contribution in [2.45, 2.75) is 110 Å². The summed E-state index contributed by atoms with van der Waals surface area (Å²) in [4.78, 5) is 5.15. The number of aliphatic imine (C=N–C) groups is 1. The summed E-state index contributed by atoms with van der Waals surface area (Å²) >= 11 is 12.7. The molecule has 0 saturated heterocycles. The van der Waals surface area contributed by atoms with E-state index >= 15 is 0 Å². The van der Waals surface area contributed by atoms with Gasteiger partial charge in [0, 0.05) is 27.9 Å². The average molecular weight is 733 g/mol. The van der Waals surface area contributed by atoms with Crippen LogP contribution < -0.4 is 9.47 Å². The van der Waals surface area contributed by atoms with E-state index in [1.165, 1.54) is 6.07 Å². The van der Waals surface area contributed by atoms with Crippen LogP contribution in [-0.2, 0) is 22.9 Å². The smallest absolute Gasteiger partial charge is 0.144 e. The van der Waals surface area contributed by atoms with Crippen LogP contribution in [0, 0.1) is 0 Å². The van der Waals surface area contributed by atoms with Crippen LogP contribution >= 0.6 is 23.2 Å². The second kappa shape index (κ2) is 17.3. The topological polar surface area (TPSA) is 71.3 Å². The van der Waals surface area contributed by atoms with Gasteiger partial charge in [0.15, 0.2) is 0 Å². The summed E-state index contributed by atoms with van der Waals surface area (Å²) in [5.41, 5.74) is 2.37. The fourth-order valence-electron chi connectivity index (χ4n) is 6.00. The highest BCUT2D eigenvalue weighted by Gasteiger charge is 2.45. The number of benzene rings is 4. The van der Waals surface area contributed by atoms with Gasteiger partial charge in [0.05, 0.1) is 24.3 Å². The van der Waals surface area contributed by atoms with Crippen molar-refractivity contribution in [3.63, 3.8) is 0 Å². The Morgan fingerprint density at radius 2 is 1.24 bits per heavy atom. The highest BCUT2D eigenvalue weighted by Crippen LogP contribution is 2.47. The molecule has 4 aromatic carbocycles. The SMILES string of the molecule is CCCCOc1ccc(C(C)(C)C)cc1C(O)(c1cc(C(C)(C)C)ccc1OCCCC)[C@@H](Cc1ccccc1)N=Cc1cc(Cl)cc(Cl)c1O. The summed E-state index contributed by atoms with van der Waals surface area (Å²) in [6.45, 7) is 18.2. The Kier molecular flexibility index (Phi) is 13.7. The molecule has 0 unspecified atom stereocenters. The van der Waals surface area contributed by atoms with E-state index in [1.807, 2.05) is 42.5 Å². The van der Waals surface area contributed by atoms with Gasteiger partial charge in [-0.05, 0) is 83.2 Å². The maximum Gasteiger partial charge on any atom is 0.144 e. The van der Waals surface area contributed by atoms with Crippen LogP contribution in [0.5, 0.6) is 17.2 Å². The molecule has 0 fully saturated rings. The Bertz CT molecular complexity index is 1700. The molecule has 0 radical (unpaired) electrons. The van der Waals surface area contributed by atoms with Gasteiger partial charge in [0.1, 0.15) is 22.8 Å². The molecule has 0 spiro atoms. The number of phenolic OH excluding ortho intramolecular Hbond substituents is 1. The van der Waals surface area contributed by atoms with Gasteiger partial charge in [-0.3, -0.25) is 4.99 Å². The molecule has 7 heteroatoms. The number of ether oxygens (including phenoxy) is 2. The van der Waals surface area contributed by atoms with Crippen LogP contribution in [0.2, 0.25) is 10.0 Å². The Morgan fingerprint density at radius 1 is 0.725 bits per heavy atom. The number of aliphatic hydroxyl groups is 1. The molecule has 2 N–H and O–H groups in total. The zero-order valence-corrected chi connectivity index (χ0v) is 33.0. The van der Waals surface area contributed by atoms with Crippen LogP contribution in [-0.4, -0.2) is 35.7 Å². The number of nitrogens with zero attached hydrogens (tertiary/aromatic N) is 1. The summed E-state index contributed by atoms with van der Waals surface area (Å²) in [5.74, 6) is 1.03. The number of phenols is 1. The minimum atomic E-state index is -1.78. The zero-order chi connectivity index (χ0) is 37.4. The molecular formula is C44H55Cl2NO4. The summed E-state index contributed by atoms with van der Waals surface area (Å²) < 4.78 is 13.1. The van der Waals surface area contributed by atoms with E-state index in [9.17, 15) is 10.2 Å². The molecular weight excluding hydrogens is 677 g/mol. The fraction of sp³-hybridized carbons (Fsp3) is 0.432. The van der Waals surface area contributed by atoms with Crippen molar-refractivity contribution in [3.8, 4) is 17.2 Å². The minimum absolute atomic E-state index is 0.118. The van der Waals surface area contributed by atoms with E-state index in [1.54, 1.807) is 12.3 Å². The van der Waals surface area contributed by atoms with Gasteiger partial charge in [0.25, 0.3) is 0 Å². The molecule has 4 aromatic rings. The number of hydrogen-bond acceptors (Lipinski definition) is 5. The van der Waals surface area contributed by atoms with E-state index in [0.29, 0.717) is 52.8 Å². The standard InChI is InChI=1S/C44H55Cl2NO4/c1-9-11-22-50-38-20-18-32(42(3,4)5)26-35(38)44(49,36-27-33(43(6,7)8)19-21-39(36)51-23-12-10-2)40(24-30-16-14-13-15-17-30)47-29-31-25-34(45)28-37(46)41(31)48/h13-21,25-29,40,48-49H,9-12,22-24H2,1-8H3/t40-/m1/s1. The van der Waals surface area contributed by atoms with Crippen LogP contribution in [0.25, 0.3) is 0 Å². The molecule has 4 rings (SSSR count). The van der Waals surface area contributed by atoms with Gasteiger partial charge in [-0.1, -0.05) is 134 Å². The highest BCUT2D eigenvalue weighted by atomic mass is 35.5. The summed E-state index contributed by atoms with van der Waals surface area (Å²) in [5, 5.41) is 25.4. The normalized spacial score (nSPS) is 13.1. The molecule has 0 aliphatic rings. The zero-order valence-electron chi connectivity index (χ0n) is 31.5. The van der Waals surface area contributed by atoms with Gasteiger partial charge in [-0.15, -0.1) is 0 Å². The van der Waals surface area contributed by atoms with Gasteiger partial charge < -0.3 is 19.7 Å². The van der Waals surface area contributed by atoms with Crippen LogP contribution in [0.15, 0.2) is 83.9 Å². The number of rotatable bonds is 15. The van der Waals surface area contributed by atoms with Crippen LogP contribution in [0.1, 0.15) is 114 Å². The van der Waals surface area contributed by atoms with Gasteiger partial charge >= 0.3 is 0 Å². The third-order valence-electron chi connectivity index (χ3n) is 9.23. The number of halogens is 2. The third-order valence-corrected chi connectivity index (χ3v) is 9.74. The first-order valence-electron chi connectivity index (χ1n) is 18.1. The maximum atomic E-state index is 14.0. The lowest BCUT2D eigenvalue weighted by atomic mass is 9.73. The second-order valence-electron chi connectivity index (χ2n) is 15.4.